The first-order valence-corrected chi connectivity index (χ1v) is 10.5. The third kappa shape index (κ3) is 6.86. The highest BCUT2D eigenvalue weighted by Gasteiger charge is 2.33. The molecule has 0 aromatic heterocycles. The highest BCUT2D eigenvalue weighted by atomic mass is 32.2. The van der Waals surface area contributed by atoms with Crippen molar-refractivity contribution in [3.63, 3.8) is 0 Å². The number of nitrogens with two attached hydrogens (primary N) is 1. The molecular weight excluding hydrogens is 398 g/mol. The van der Waals surface area contributed by atoms with Gasteiger partial charge in [0, 0.05) is 0 Å². The molecule has 0 saturated heterocycles. The zero-order valence-electron chi connectivity index (χ0n) is 16.1. The Morgan fingerprint density at radius 1 is 1.03 bits per heavy atom. The van der Waals surface area contributed by atoms with E-state index in [9.17, 15) is 23.7 Å². The van der Waals surface area contributed by atoms with Gasteiger partial charge in [0.15, 0.2) is 0 Å². The van der Waals surface area contributed by atoms with Crippen molar-refractivity contribution >= 4 is 10.1 Å². The standard InChI is InChI=1S/C20H27NO7S/c1-14-7-9-16(10-8-14)29(25,26)28-13-18(23)19(24)20(17(21)11-22)27-12-15-5-3-2-4-6-15/h2-10,17-20,22-24H,11-13,21H2,1H3/t17-,18-,19+,20-/m0/s1. The Morgan fingerprint density at radius 2 is 1.66 bits per heavy atom. The van der Waals surface area contributed by atoms with Gasteiger partial charge in [-0.1, -0.05) is 48.0 Å². The second-order valence-corrected chi connectivity index (χ2v) is 8.33. The first-order valence-electron chi connectivity index (χ1n) is 9.09. The van der Waals surface area contributed by atoms with Crippen molar-refractivity contribution in [2.24, 2.45) is 5.73 Å². The maximum absolute atomic E-state index is 12.2. The molecule has 0 heterocycles. The third-order valence-corrected chi connectivity index (χ3v) is 5.65. The molecule has 0 bridgehead atoms. The molecule has 2 rings (SSSR count). The van der Waals surface area contributed by atoms with Crippen LogP contribution in [0, 0.1) is 6.92 Å². The lowest BCUT2D eigenvalue weighted by molar-refractivity contribution is -0.116. The quantitative estimate of drug-likeness (QED) is 0.378. The highest BCUT2D eigenvalue weighted by molar-refractivity contribution is 7.86. The van der Waals surface area contributed by atoms with Gasteiger partial charge in [-0.15, -0.1) is 0 Å². The van der Waals surface area contributed by atoms with E-state index >= 15 is 0 Å². The highest BCUT2D eigenvalue weighted by Crippen LogP contribution is 2.16. The lowest BCUT2D eigenvalue weighted by atomic mass is 10.0. The second kappa shape index (κ2) is 10.8. The van der Waals surface area contributed by atoms with E-state index in [4.69, 9.17) is 14.7 Å². The fourth-order valence-electron chi connectivity index (χ4n) is 2.60. The van der Waals surface area contributed by atoms with Crippen LogP contribution in [0.4, 0.5) is 0 Å². The molecule has 29 heavy (non-hydrogen) atoms. The molecule has 5 N–H and O–H groups in total. The Balaban J connectivity index is 2.00. The van der Waals surface area contributed by atoms with Crippen molar-refractivity contribution in [2.45, 2.75) is 42.8 Å². The van der Waals surface area contributed by atoms with Crippen molar-refractivity contribution in [3.8, 4) is 0 Å². The number of hydrogen-bond acceptors (Lipinski definition) is 8. The molecule has 0 aliphatic carbocycles. The summed E-state index contributed by atoms with van der Waals surface area (Å²) in [5, 5.41) is 30.0. The van der Waals surface area contributed by atoms with Crippen LogP contribution >= 0.6 is 0 Å². The van der Waals surface area contributed by atoms with Gasteiger partial charge in [0.1, 0.15) is 18.3 Å². The average molecular weight is 426 g/mol. The van der Waals surface area contributed by atoms with Crippen LogP contribution in [0.2, 0.25) is 0 Å². The predicted octanol–water partition coefficient (Wildman–Crippen LogP) is 0.327. The van der Waals surface area contributed by atoms with E-state index in [-0.39, 0.29) is 11.5 Å². The second-order valence-electron chi connectivity index (χ2n) is 6.72. The average Bonchev–Trinajstić information content (AvgIpc) is 2.72. The molecule has 0 unspecified atom stereocenters. The van der Waals surface area contributed by atoms with Crippen LogP contribution in [0.5, 0.6) is 0 Å². The summed E-state index contributed by atoms with van der Waals surface area (Å²) in [6, 6.07) is 14.1. The van der Waals surface area contributed by atoms with Crippen LogP contribution in [0.3, 0.4) is 0 Å². The van der Waals surface area contributed by atoms with Gasteiger partial charge in [-0.3, -0.25) is 4.18 Å². The summed E-state index contributed by atoms with van der Waals surface area (Å²) in [4.78, 5) is -0.0614. The van der Waals surface area contributed by atoms with Gasteiger partial charge in [-0.2, -0.15) is 8.42 Å². The molecule has 2 aromatic carbocycles. The minimum Gasteiger partial charge on any atom is -0.395 e. The van der Waals surface area contributed by atoms with Gasteiger partial charge in [0.05, 0.1) is 30.8 Å². The van der Waals surface area contributed by atoms with Gasteiger partial charge in [-0.25, -0.2) is 0 Å². The molecule has 0 fully saturated rings. The Morgan fingerprint density at radius 3 is 2.24 bits per heavy atom. The molecule has 0 saturated carbocycles. The molecule has 9 heteroatoms. The fourth-order valence-corrected chi connectivity index (χ4v) is 3.52. The van der Waals surface area contributed by atoms with Crippen molar-refractivity contribution in [1.82, 2.24) is 0 Å². The first-order chi connectivity index (χ1) is 13.7. The van der Waals surface area contributed by atoms with Gasteiger partial charge in [0.2, 0.25) is 0 Å². The molecular formula is C20H27NO7S. The van der Waals surface area contributed by atoms with E-state index in [0.717, 1.165) is 11.1 Å². The van der Waals surface area contributed by atoms with Gasteiger partial charge < -0.3 is 25.8 Å². The number of hydrogen-bond donors (Lipinski definition) is 4. The lowest BCUT2D eigenvalue weighted by Crippen LogP contribution is -2.52. The van der Waals surface area contributed by atoms with E-state index in [0.29, 0.717) is 0 Å². The largest absolute Gasteiger partial charge is 0.395 e. The maximum atomic E-state index is 12.2. The summed E-state index contributed by atoms with van der Waals surface area (Å²) in [5.74, 6) is 0. The van der Waals surface area contributed by atoms with Crippen LogP contribution in [0.25, 0.3) is 0 Å². The van der Waals surface area contributed by atoms with E-state index in [1.54, 1.807) is 12.1 Å². The molecule has 4 atom stereocenters. The van der Waals surface area contributed by atoms with E-state index in [2.05, 4.69) is 0 Å². The monoisotopic (exact) mass is 425 g/mol. The number of benzene rings is 2. The summed E-state index contributed by atoms with van der Waals surface area (Å²) < 4.78 is 34.9. The van der Waals surface area contributed by atoms with E-state index in [1.165, 1.54) is 12.1 Å². The topological polar surface area (TPSA) is 139 Å². The molecule has 160 valence electrons. The zero-order valence-corrected chi connectivity index (χ0v) is 16.9. The number of rotatable bonds is 11. The minimum atomic E-state index is -4.10. The minimum absolute atomic E-state index is 0.0614. The summed E-state index contributed by atoms with van der Waals surface area (Å²) in [5.41, 5.74) is 7.49. The molecule has 0 radical (unpaired) electrons. The molecule has 8 nitrogen and oxygen atoms in total. The van der Waals surface area contributed by atoms with Crippen LogP contribution in [0.1, 0.15) is 11.1 Å². The predicted molar refractivity (Wildman–Crippen MR) is 106 cm³/mol. The van der Waals surface area contributed by atoms with Crippen molar-refractivity contribution in [1.29, 1.82) is 0 Å². The molecule has 0 aliphatic heterocycles. The number of ether oxygens (including phenoxy) is 1. The van der Waals surface area contributed by atoms with Crippen molar-refractivity contribution < 1.29 is 32.7 Å². The summed E-state index contributed by atoms with van der Waals surface area (Å²) in [7, 11) is -4.10. The summed E-state index contributed by atoms with van der Waals surface area (Å²) in [6.07, 6.45) is -4.32. The lowest BCUT2D eigenvalue weighted by Gasteiger charge is -2.30. The molecule has 0 amide bonds. The number of aliphatic hydroxyl groups excluding tert-OH is 3. The molecule has 2 aromatic rings. The number of aliphatic hydroxyl groups is 3. The van der Waals surface area contributed by atoms with Gasteiger partial charge in [0.25, 0.3) is 10.1 Å². The van der Waals surface area contributed by atoms with Crippen molar-refractivity contribution in [3.05, 3.63) is 65.7 Å². The Hall–Kier alpha value is -1.85. The molecule has 0 spiro atoms. The Bertz CT molecular complexity index is 843. The normalized spacial score (nSPS) is 16.2. The Labute approximate surface area is 170 Å². The fraction of sp³-hybridized carbons (Fsp3) is 0.400. The van der Waals surface area contributed by atoms with E-state index in [1.807, 2.05) is 37.3 Å². The summed E-state index contributed by atoms with van der Waals surface area (Å²) >= 11 is 0. The first kappa shape index (κ1) is 23.4. The van der Waals surface area contributed by atoms with Crippen LogP contribution in [0.15, 0.2) is 59.5 Å². The van der Waals surface area contributed by atoms with Gasteiger partial charge >= 0.3 is 0 Å². The SMILES string of the molecule is Cc1ccc(S(=O)(=O)OC[C@H](O)[C@@H](O)[C@@H](OCc2ccccc2)[C@@H](N)CO)cc1. The molecule has 0 aliphatic rings. The van der Waals surface area contributed by atoms with Gasteiger partial charge in [-0.05, 0) is 24.6 Å². The zero-order chi connectivity index (χ0) is 21.4. The Kier molecular flexibility index (Phi) is 8.72. The van der Waals surface area contributed by atoms with Crippen LogP contribution in [-0.4, -0.2) is 61.3 Å². The third-order valence-electron chi connectivity index (χ3n) is 4.35. The van der Waals surface area contributed by atoms with Crippen LogP contribution < -0.4 is 5.73 Å². The maximum Gasteiger partial charge on any atom is 0.297 e. The van der Waals surface area contributed by atoms with Crippen LogP contribution in [-0.2, 0) is 25.6 Å². The van der Waals surface area contributed by atoms with E-state index < -0.39 is 47.7 Å². The number of aryl methyl sites for hydroxylation is 1. The van der Waals surface area contributed by atoms with Crippen molar-refractivity contribution in [2.75, 3.05) is 13.2 Å². The smallest absolute Gasteiger partial charge is 0.297 e. The summed E-state index contributed by atoms with van der Waals surface area (Å²) in [6.45, 7) is 0.718.